The summed E-state index contributed by atoms with van der Waals surface area (Å²) in [7, 11) is 0. The molecule has 2 unspecified atom stereocenters. The Morgan fingerprint density at radius 2 is 2.07 bits per heavy atom. The lowest BCUT2D eigenvalue weighted by Crippen LogP contribution is -2.38. The maximum absolute atomic E-state index is 6.11. The van der Waals surface area contributed by atoms with E-state index in [1.54, 1.807) is 0 Å². The molecule has 0 amide bonds. The summed E-state index contributed by atoms with van der Waals surface area (Å²) >= 11 is 0. The fraction of sp³-hybridized carbons (Fsp3) is 1.00. The summed E-state index contributed by atoms with van der Waals surface area (Å²) in [6, 6.07) is 0.272. The van der Waals surface area contributed by atoms with Gasteiger partial charge < -0.3 is 10.5 Å². The third-order valence-electron chi connectivity index (χ3n) is 3.01. The molecule has 2 nitrogen and oxygen atoms in total. The highest BCUT2D eigenvalue weighted by molar-refractivity contribution is 4.76. The zero-order chi connectivity index (χ0) is 10.4. The lowest BCUT2D eigenvalue weighted by molar-refractivity contribution is -0.00156. The van der Waals surface area contributed by atoms with Crippen LogP contribution in [0.3, 0.4) is 0 Å². The smallest absolute Gasteiger partial charge is 0.0725 e. The van der Waals surface area contributed by atoms with E-state index in [9.17, 15) is 0 Å². The Bertz CT molecular complexity index is 141. The van der Waals surface area contributed by atoms with Crippen LogP contribution in [0.2, 0.25) is 0 Å². The van der Waals surface area contributed by atoms with Crippen molar-refractivity contribution in [3.8, 4) is 0 Å². The maximum Gasteiger partial charge on any atom is 0.0725 e. The van der Waals surface area contributed by atoms with Crippen molar-refractivity contribution in [3.63, 3.8) is 0 Å². The molecule has 0 radical (unpaired) electrons. The molecular weight excluding hydrogens is 174 g/mol. The predicted octanol–water partition coefficient (Wildman–Crippen LogP) is 2.71. The molecule has 1 saturated heterocycles. The zero-order valence-electron chi connectivity index (χ0n) is 9.67. The minimum Gasteiger partial charge on any atom is -0.377 e. The number of hydrogen-bond donors (Lipinski definition) is 1. The number of rotatable bonds is 5. The monoisotopic (exact) mass is 199 g/mol. The molecule has 0 aromatic heterocycles. The average Bonchev–Trinajstić information content (AvgIpc) is 2.18. The van der Waals surface area contributed by atoms with Crippen LogP contribution in [0.1, 0.15) is 52.4 Å². The van der Waals surface area contributed by atoms with Crippen molar-refractivity contribution in [3.05, 3.63) is 0 Å². The van der Waals surface area contributed by atoms with Crippen molar-refractivity contribution in [2.75, 3.05) is 6.61 Å². The lowest BCUT2D eigenvalue weighted by atomic mass is 9.96. The molecule has 1 aliphatic heterocycles. The lowest BCUT2D eigenvalue weighted by Gasteiger charge is -2.28. The van der Waals surface area contributed by atoms with Gasteiger partial charge in [-0.3, -0.25) is 0 Å². The van der Waals surface area contributed by atoms with E-state index in [0.717, 1.165) is 18.9 Å². The predicted molar refractivity (Wildman–Crippen MR) is 60.3 cm³/mol. The third kappa shape index (κ3) is 4.43. The summed E-state index contributed by atoms with van der Waals surface area (Å²) in [5.41, 5.74) is 6.11. The first kappa shape index (κ1) is 12.0. The van der Waals surface area contributed by atoms with Crippen LogP contribution in [0.15, 0.2) is 0 Å². The van der Waals surface area contributed by atoms with Crippen LogP contribution >= 0.6 is 0 Å². The van der Waals surface area contributed by atoms with Crippen molar-refractivity contribution in [1.82, 2.24) is 0 Å². The summed E-state index contributed by atoms with van der Waals surface area (Å²) in [5, 5.41) is 0. The van der Waals surface area contributed by atoms with Crippen molar-refractivity contribution < 1.29 is 4.74 Å². The van der Waals surface area contributed by atoms with Gasteiger partial charge >= 0.3 is 0 Å². The molecule has 0 spiro atoms. The minimum atomic E-state index is 0.272. The van der Waals surface area contributed by atoms with Gasteiger partial charge in [-0.25, -0.2) is 0 Å². The van der Waals surface area contributed by atoms with E-state index in [2.05, 4.69) is 13.8 Å². The van der Waals surface area contributed by atoms with Crippen LogP contribution in [0.25, 0.3) is 0 Å². The van der Waals surface area contributed by atoms with E-state index in [-0.39, 0.29) is 6.04 Å². The summed E-state index contributed by atoms with van der Waals surface area (Å²) in [5.74, 6) is 0.800. The van der Waals surface area contributed by atoms with Gasteiger partial charge in [0.25, 0.3) is 0 Å². The molecule has 84 valence electrons. The number of ether oxygens (including phenoxy) is 1. The topological polar surface area (TPSA) is 35.2 Å². The van der Waals surface area contributed by atoms with Gasteiger partial charge in [0, 0.05) is 12.6 Å². The van der Waals surface area contributed by atoms with Crippen LogP contribution in [-0.4, -0.2) is 18.8 Å². The normalized spacial score (nSPS) is 25.3. The highest BCUT2D eigenvalue weighted by Crippen LogP contribution is 2.18. The molecule has 1 aliphatic rings. The largest absolute Gasteiger partial charge is 0.377 e. The van der Waals surface area contributed by atoms with Crippen LogP contribution in [0, 0.1) is 5.92 Å². The first-order valence-electron chi connectivity index (χ1n) is 6.07. The highest BCUT2D eigenvalue weighted by atomic mass is 16.5. The van der Waals surface area contributed by atoms with E-state index in [1.807, 2.05) is 0 Å². The zero-order valence-corrected chi connectivity index (χ0v) is 9.67. The molecule has 1 rings (SSSR count). The van der Waals surface area contributed by atoms with Crippen LogP contribution in [0.4, 0.5) is 0 Å². The van der Waals surface area contributed by atoms with E-state index < -0.39 is 0 Å². The van der Waals surface area contributed by atoms with E-state index in [1.165, 1.54) is 32.1 Å². The standard InChI is InChI=1S/C12H25NO/c1-10(2)6-5-7-11(13)12-8-3-4-9-14-12/h10-12H,3-9,13H2,1-2H3. The summed E-state index contributed by atoms with van der Waals surface area (Å²) < 4.78 is 5.67. The quantitative estimate of drug-likeness (QED) is 0.739. The van der Waals surface area contributed by atoms with Crippen molar-refractivity contribution in [1.29, 1.82) is 0 Å². The highest BCUT2D eigenvalue weighted by Gasteiger charge is 2.20. The molecule has 0 saturated carbocycles. The molecule has 2 heteroatoms. The molecule has 14 heavy (non-hydrogen) atoms. The van der Waals surface area contributed by atoms with E-state index >= 15 is 0 Å². The molecule has 0 bridgehead atoms. The Kier molecular flexibility index (Phi) is 5.49. The Hall–Kier alpha value is -0.0800. The molecule has 0 aromatic rings. The van der Waals surface area contributed by atoms with E-state index in [0.29, 0.717) is 6.10 Å². The van der Waals surface area contributed by atoms with Gasteiger partial charge in [0.05, 0.1) is 6.10 Å². The SMILES string of the molecule is CC(C)CCCC(N)C1CCCCO1. The fourth-order valence-electron chi connectivity index (χ4n) is 2.05. The third-order valence-corrected chi connectivity index (χ3v) is 3.01. The second-order valence-corrected chi connectivity index (χ2v) is 4.89. The van der Waals surface area contributed by atoms with Gasteiger partial charge in [-0.05, 0) is 31.6 Å². The van der Waals surface area contributed by atoms with Gasteiger partial charge in [-0.2, -0.15) is 0 Å². The van der Waals surface area contributed by atoms with Crippen LogP contribution < -0.4 is 5.73 Å². The molecule has 0 aliphatic carbocycles. The summed E-state index contributed by atoms with van der Waals surface area (Å²) in [4.78, 5) is 0. The molecule has 2 atom stereocenters. The molecular formula is C12H25NO. The fourth-order valence-corrected chi connectivity index (χ4v) is 2.05. The Morgan fingerprint density at radius 3 is 2.64 bits per heavy atom. The molecule has 1 heterocycles. The number of nitrogens with two attached hydrogens (primary N) is 1. The molecule has 0 aromatic carbocycles. The second-order valence-electron chi connectivity index (χ2n) is 4.89. The first-order chi connectivity index (χ1) is 6.70. The van der Waals surface area contributed by atoms with Crippen molar-refractivity contribution >= 4 is 0 Å². The van der Waals surface area contributed by atoms with Gasteiger partial charge in [0.2, 0.25) is 0 Å². The first-order valence-corrected chi connectivity index (χ1v) is 6.07. The van der Waals surface area contributed by atoms with Gasteiger partial charge in [0.15, 0.2) is 0 Å². The van der Waals surface area contributed by atoms with Gasteiger partial charge in [-0.15, -0.1) is 0 Å². The Morgan fingerprint density at radius 1 is 1.29 bits per heavy atom. The second kappa shape index (κ2) is 6.41. The Balaban J connectivity index is 2.10. The maximum atomic E-state index is 6.11. The average molecular weight is 199 g/mol. The van der Waals surface area contributed by atoms with Crippen molar-refractivity contribution in [2.45, 2.75) is 64.5 Å². The Labute approximate surface area is 88.2 Å². The number of hydrogen-bond acceptors (Lipinski definition) is 2. The van der Waals surface area contributed by atoms with Gasteiger partial charge in [-0.1, -0.05) is 26.7 Å². The summed E-state index contributed by atoms with van der Waals surface area (Å²) in [6.07, 6.45) is 7.69. The van der Waals surface area contributed by atoms with Crippen molar-refractivity contribution in [2.24, 2.45) is 11.7 Å². The van der Waals surface area contributed by atoms with Gasteiger partial charge in [0.1, 0.15) is 0 Å². The summed E-state index contributed by atoms with van der Waals surface area (Å²) in [6.45, 7) is 5.45. The van der Waals surface area contributed by atoms with Crippen LogP contribution in [0.5, 0.6) is 0 Å². The molecule has 2 N–H and O–H groups in total. The minimum absolute atomic E-state index is 0.272. The van der Waals surface area contributed by atoms with E-state index in [4.69, 9.17) is 10.5 Å². The van der Waals surface area contributed by atoms with Crippen LogP contribution in [-0.2, 0) is 4.74 Å². The molecule has 1 fully saturated rings.